The molecule has 4 aromatic rings. The first kappa shape index (κ1) is 24.7. The van der Waals surface area contributed by atoms with Crippen molar-refractivity contribution in [2.45, 2.75) is 0 Å². The van der Waals surface area contributed by atoms with Crippen LogP contribution < -0.4 is 9.64 Å². The van der Waals surface area contributed by atoms with Crippen LogP contribution in [0.3, 0.4) is 0 Å². The van der Waals surface area contributed by atoms with Crippen LogP contribution in [0.5, 0.6) is 5.75 Å². The summed E-state index contributed by atoms with van der Waals surface area (Å²) in [5.74, 6) is 0.549. The Morgan fingerprint density at radius 2 is 1.88 bits per heavy atom. The Labute approximate surface area is 213 Å². The van der Waals surface area contributed by atoms with Gasteiger partial charge in [0.25, 0.3) is 5.91 Å². The van der Waals surface area contributed by atoms with E-state index in [9.17, 15) is 4.79 Å². The van der Waals surface area contributed by atoms with Crippen LogP contribution in [-0.4, -0.2) is 61.8 Å². The molecule has 5 rings (SSSR count). The van der Waals surface area contributed by atoms with Gasteiger partial charge in [-0.3, -0.25) is 14.6 Å². The zero-order valence-electron chi connectivity index (χ0n) is 18.5. The Balaban J connectivity index is 0.00000274. The number of thiazole rings is 1. The lowest BCUT2D eigenvalue weighted by molar-refractivity contribution is -0.120. The molecule has 0 spiro atoms. The summed E-state index contributed by atoms with van der Waals surface area (Å²) in [5.41, 5.74) is 0.832. The van der Waals surface area contributed by atoms with E-state index in [0.29, 0.717) is 22.4 Å². The van der Waals surface area contributed by atoms with Crippen LogP contribution in [0.15, 0.2) is 60.7 Å². The summed E-state index contributed by atoms with van der Waals surface area (Å²) < 4.78 is 12.3. The molecule has 1 fully saturated rings. The second-order valence-electron chi connectivity index (χ2n) is 7.91. The topological polar surface area (TPSA) is 54.9 Å². The largest absolute Gasteiger partial charge is 0.484 e. The van der Waals surface area contributed by atoms with Crippen LogP contribution in [0.2, 0.25) is 5.02 Å². The maximum absolute atomic E-state index is 13.3. The molecule has 2 heterocycles. The Kier molecular flexibility index (Phi) is 8.24. The first-order valence-electron chi connectivity index (χ1n) is 10.9. The number of carbonyl (C=O) groups is 1. The molecule has 0 radical (unpaired) electrons. The zero-order chi connectivity index (χ0) is 22.6. The third-order valence-electron chi connectivity index (χ3n) is 5.70. The number of fused-ring (bicyclic) bond motifs is 2. The number of aromatic nitrogens is 1. The molecule has 1 aromatic heterocycles. The summed E-state index contributed by atoms with van der Waals surface area (Å²) in [5, 5.41) is 3.53. The van der Waals surface area contributed by atoms with Crippen molar-refractivity contribution in [1.82, 2.24) is 9.88 Å². The molecule has 3 aromatic carbocycles. The summed E-state index contributed by atoms with van der Waals surface area (Å²) in [4.78, 5) is 22.0. The van der Waals surface area contributed by atoms with Gasteiger partial charge in [-0.1, -0.05) is 53.3 Å². The number of anilines is 1. The molecule has 1 aliphatic heterocycles. The summed E-state index contributed by atoms with van der Waals surface area (Å²) >= 11 is 7.62. The Hall–Kier alpha value is -2.42. The molecule has 6 nitrogen and oxygen atoms in total. The number of halogens is 2. The quantitative estimate of drug-likeness (QED) is 0.334. The number of hydrogen-bond donors (Lipinski definition) is 0. The minimum absolute atomic E-state index is 0. The number of morpholine rings is 1. The van der Waals surface area contributed by atoms with Crippen molar-refractivity contribution in [3.05, 3.63) is 65.7 Å². The Morgan fingerprint density at radius 3 is 2.71 bits per heavy atom. The highest BCUT2D eigenvalue weighted by Gasteiger charge is 2.22. The SMILES string of the molecule is Cl.O=C(COc1ccc2ccccc2c1)N(CCN1CCOCC1)c1nc2ccc(Cl)cc2s1. The number of rotatable bonds is 7. The standard InChI is InChI=1S/C25H24ClN3O3S.ClH/c26-20-6-8-22-23(16-20)33-25(27-22)29(10-9-28-11-13-31-14-12-28)24(30)17-32-21-7-5-18-3-1-2-4-19(18)15-21;/h1-8,15-16H,9-14,17H2;1H. The predicted octanol–water partition coefficient (Wildman–Crippen LogP) is 5.27. The van der Waals surface area contributed by atoms with Crippen molar-refractivity contribution in [3.63, 3.8) is 0 Å². The average molecular weight is 518 g/mol. The third-order valence-corrected chi connectivity index (χ3v) is 6.97. The van der Waals surface area contributed by atoms with Crippen molar-refractivity contribution in [3.8, 4) is 5.75 Å². The highest BCUT2D eigenvalue weighted by molar-refractivity contribution is 7.22. The smallest absolute Gasteiger partial charge is 0.266 e. The van der Waals surface area contributed by atoms with E-state index in [1.807, 2.05) is 54.6 Å². The number of benzene rings is 3. The van der Waals surface area contributed by atoms with Crippen molar-refractivity contribution in [2.24, 2.45) is 0 Å². The minimum Gasteiger partial charge on any atom is -0.484 e. The molecule has 0 atom stereocenters. The molecular formula is C25H25Cl2N3O3S. The van der Waals surface area contributed by atoms with Gasteiger partial charge >= 0.3 is 0 Å². The summed E-state index contributed by atoms with van der Waals surface area (Å²) in [7, 11) is 0. The monoisotopic (exact) mass is 517 g/mol. The third kappa shape index (κ3) is 5.79. The minimum atomic E-state index is -0.124. The first-order chi connectivity index (χ1) is 16.2. The normalized spacial score (nSPS) is 14.1. The van der Waals surface area contributed by atoms with Gasteiger partial charge in [0.1, 0.15) is 5.75 Å². The van der Waals surface area contributed by atoms with Gasteiger partial charge < -0.3 is 9.47 Å². The number of hydrogen-bond acceptors (Lipinski definition) is 6. The van der Waals surface area contributed by atoms with E-state index in [0.717, 1.165) is 53.8 Å². The van der Waals surface area contributed by atoms with Gasteiger partial charge in [0, 0.05) is 31.2 Å². The van der Waals surface area contributed by atoms with Crippen LogP contribution in [0, 0.1) is 0 Å². The summed E-state index contributed by atoms with van der Waals surface area (Å²) in [6, 6.07) is 19.5. The van der Waals surface area contributed by atoms with Crippen molar-refractivity contribution in [2.75, 3.05) is 50.9 Å². The van der Waals surface area contributed by atoms with Gasteiger partial charge in [-0.25, -0.2) is 4.98 Å². The second kappa shape index (κ2) is 11.3. The first-order valence-corrected chi connectivity index (χ1v) is 12.1. The molecule has 0 N–H and O–H groups in total. The van der Waals surface area contributed by atoms with Gasteiger partial charge in [0.05, 0.1) is 23.4 Å². The summed E-state index contributed by atoms with van der Waals surface area (Å²) in [6.07, 6.45) is 0. The van der Waals surface area contributed by atoms with E-state index in [4.69, 9.17) is 26.1 Å². The fourth-order valence-corrected chi connectivity index (χ4v) is 5.16. The van der Waals surface area contributed by atoms with E-state index in [2.05, 4.69) is 11.0 Å². The van der Waals surface area contributed by atoms with Crippen LogP contribution >= 0.6 is 35.3 Å². The van der Waals surface area contributed by atoms with Crippen molar-refractivity contribution < 1.29 is 14.3 Å². The van der Waals surface area contributed by atoms with Crippen LogP contribution in [0.1, 0.15) is 0 Å². The van der Waals surface area contributed by atoms with E-state index < -0.39 is 0 Å². The Morgan fingerprint density at radius 1 is 1.09 bits per heavy atom. The predicted molar refractivity (Wildman–Crippen MR) is 141 cm³/mol. The molecule has 0 bridgehead atoms. The molecule has 9 heteroatoms. The average Bonchev–Trinajstić information content (AvgIpc) is 3.26. The van der Waals surface area contributed by atoms with Crippen molar-refractivity contribution >= 4 is 67.4 Å². The molecule has 0 saturated carbocycles. The second-order valence-corrected chi connectivity index (χ2v) is 9.35. The maximum atomic E-state index is 13.3. The molecule has 1 saturated heterocycles. The number of ether oxygens (including phenoxy) is 2. The molecule has 178 valence electrons. The van der Waals surface area contributed by atoms with Gasteiger partial charge in [0.2, 0.25) is 0 Å². The molecular weight excluding hydrogens is 493 g/mol. The van der Waals surface area contributed by atoms with E-state index in [1.54, 1.807) is 4.90 Å². The lowest BCUT2D eigenvalue weighted by Crippen LogP contribution is -2.44. The number of amides is 1. The highest BCUT2D eigenvalue weighted by Crippen LogP contribution is 2.31. The van der Waals surface area contributed by atoms with Crippen LogP contribution in [0.25, 0.3) is 21.0 Å². The number of carbonyl (C=O) groups excluding carboxylic acids is 1. The zero-order valence-corrected chi connectivity index (χ0v) is 20.9. The molecule has 0 unspecified atom stereocenters. The Bertz CT molecular complexity index is 1280. The lowest BCUT2D eigenvalue weighted by atomic mass is 10.1. The molecule has 1 amide bonds. The van der Waals surface area contributed by atoms with Gasteiger partial charge in [0.15, 0.2) is 11.7 Å². The van der Waals surface area contributed by atoms with Crippen LogP contribution in [0.4, 0.5) is 5.13 Å². The fourth-order valence-electron chi connectivity index (χ4n) is 3.88. The van der Waals surface area contributed by atoms with E-state index in [-0.39, 0.29) is 24.9 Å². The van der Waals surface area contributed by atoms with Gasteiger partial charge in [-0.2, -0.15) is 0 Å². The molecule has 34 heavy (non-hydrogen) atoms. The highest BCUT2D eigenvalue weighted by atomic mass is 35.5. The van der Waals surface area contributed by atoms with Crippen LogP contribution in [-0.2, 0) is 9.53 Å². The van der Waals surface area contributed by atoms with E-state index >= 15 is 0 Å². The van der Waals surface area contributed by atoms with Crippen molar-refractivity contribution in [1.29, 1.82) is 0 Å². The van der Waals surface area contributed by atoms with Gasteiger partial charge in [-0.05, 0) is 41.1 Å². The fraction of sp³-hybridized carbons (Fsp3) is 0.280. The molecule has 0 aliphatic carbocycles. The maximum Gasteiger partial charge on any atom is 0.266 e. The lowest BCUT2D eigenvalue weighted by Gasteiger charge is -2.29. The van der Waals surface area contributed by atoms with Gasteiger partial charge in [-0.15, -0.1) is 12.4 Å². The molecule has 1 aliphatic rings. The number of nitrogens with zero attached hydrogens (tertiary/aromatic N) is 3. The summed E-state index contributed by atoms with van der Waals surface area (Å²) in [6.45, 7) is 4.40. The van der Waals surface area contributed by atoms with E-state index in [1.165, 1.54) is 11.3 Å².